The maximum Gasteiger partial charge on any atom is 0.305 e. The molecule has 0 saturated carbocycles. The zero-order valence-electron chi connectivity index (χ0n) is 41.4. The molecule has 0 aliphatic heterocycles. The number of allylic oxidation sites excluding steroid dienone is 6. The van der Waals surface area contributed by atoms with Crippen LogP contribution in [0.25, 0.3) is 0 Å². The predicted molar refractivity (Wildman–Crippen MR) is 269 cm³/mol. The van der Waals surface area contributed by atoms with Crippen LogP contribution in [-0.2, 0) is 14.3 Å². The van der Waals surface area contributed by atoms with Gasteiger partial charge in [-0.25, -0.2) is 0 Å². The van der Waals surface area contributed by atoms with E-state index in [1.54, 1.807) is 0 Å². The van der Waals surface area contributed by atoms with Crippen molar-refractivity contribution >= 4 is 11.9 Å². The molecule has 0 saturated heterocycles. The van der Waals surface area contributed by atoms with E-state index in [9.17, 15) is 19.8 Å². The van der Waals surface area contributed by atoms with E-state index < -0.39 is 12.1 Å². The fraction of sp³-hybridized carbons (Fsp3) is 0.857. The third-order valence-corrected chi connectivity index (χ3v) is 12.4. The molecule has 0 fully saturated rings. The Balaban J connectivity index is 3.43. The number of amides is 1. The summed E-state index contributed by atoms with van der Waals surface area (Å²) in [5, 5.41) is 23.1. The van der Waals surface area contributed by atoms with Gasteiger partial charge < -0.3 is 20.3 Å². The predicted octanol–water partition coefficient (Wildman–Crippen LogP) is 16.5. The normalized spacial score (nSPS) is 12.9. The van der Waals surface area contributed by atoms with E-state index >= 15 is 0 Å². The van der Waals surface area contributed by atoms with Crippen LogP contribution in [0.1, 0.15) is 284 Å². The molecule has 2 unspecified atom stereocenters. The minimum absolute atomic E-state index is 0.00284. The first-order valence-corrected chi connectivity index (χ1v) is 27.2. The molecule has 0 aliphatic rings. The highest BCUT2D eigenvalue weighted by atomic mass is 16.5. The summed E-state index contributed by atoms with van der Waals surface area (Å²) in [6, 6.07) is -0.547. The van der Waals surface area contributed by atoms with Gasteiger partial charge in [0.2, 0.25) is 5.91 Å². The average Bonchev–Trinajstić information content (AvgIpc) is 3.27. The van der Waals surface area contributed by atoms with Gasteiger partial charge in [0.05, 0.1) is 25.4 Å². The number of aliphatic hydroxyl groups excluding tert-OH is 2. The molecular formula is C56H105NO5. The van der Waals surface area contributed by atoms with Crippen LogP contribution >= 0.6 is 0 Å². The highest BCUT2D eigenvalue weighted by molar-refractivity contribution is 5.76. The minimum Gasteiger partial charge on any atom is -0.466 e. The van der Waals surface area contributed by atoms with Crippen molar-refractivity contribution in [1.82, 2.24) is 5.32 Å². The number of ether oxygens (including phenoxy) is 1. The second-order valence-electron chi connectivity index (χ2n) is 18.6. The van der Waals surface area contributed by atoms with Crippen molar-refractivity contribution < 1.29 is 24.5 Å². The topological polar surface area (TPSA) is 95.9 Å². The molecule has 0 rings (SSSR count). The Bertz CT molecular complexity index is 1010. The third-order valence-electron chi connectivity index (χ3n) is 12.4. The highest BCUT2D eigenvalue weighted by Gasteiger charge is 2.20. The maximum atomic E-state index is 12.4. The van der Waals surface area contributed by atoms with Gasteiger partial charge in [-0.3, -0.25) is 9.59 Å². The van der Waals surface area contributed by atoms with E-state index in [0.717, 1.165) is 64.2 Å². The van der Waals surface area contributed by atoms with Crippen LogP contribution in [0.2, 0.25) is 0 Å². The molecule has 0 heterocycles. The number of hydrogen-bond acceptors (Lipinski definition) is 5. The summed E-state index contributed by atoms with van der Waals surface area (Å²) < 4.78 is 5.46. The lowest BCUT2D eigenvalue weighted by Crippen LogP contribution is -2.45. The van der Waals surface area contributed by atoms with Crippen molar-refractivity contribution in [2.24, 2.45) is 0 Å². The molecule has 62 heavy (non-hydrogen) atoms. The number of hydrogen-bond donors (Lipinski definition) is 3. The second kappa shape index (κ2) is 51.7. The SMILES string of the molecule is CCCCCC/C=C\CCCCCCCC(=O)OCCCCCCCCCCC/C=C\C/C=C\CCCCCCCCCC(=O)NC(CO)C(O)CCCCCCCCCCC. The molecule has 3 N–H and O–H groups in total. The summed E-state index contributed by atoms with van der Waals surface area (Å²) in [5.74, 6) is -0.0513. The number of nitrogens with one attached hydrogen (secondary N) is 1. The van der Waals surface area contributed by atoms with Crippen molar-refractivity contribution in [3.8, 4) is 0 Å². The van der Waals surface area contributed by atoms with Crippen LogP contribution in [0, 0.1) is 0 Å². The van der Waals surface area contributed by atoms with Crippen LogP contribution in [0.15, 0.2) is 36.5 Å². The van der Waals surface area contributed by atoms with E-state index in [0.29, 0.717) is 25.9 Å². The first-order chi connectivity index (χ1) is 30.5. The van der Waals surface area contributed by atoms with Gasteiger partial charge in [0.15, 0.2) is 0 Å². The van der Waals surface area contributed by atoms with Crippen molar-refractivity contribution in [3.05, 3.63) is 36.5 Å². The number of aliphatic hydroxyl groups is 2. The lowest BCUT2D eigenvalue weighted by Gasteiger charge is -2.22. The molecule has 0 aliphatic carbocycles. The molecule has 0 spiro atoms. The highest BCUT2D eigenvalue weighted by Crippen LogP contribution is 2.15. The maximum absolute atomic E-state index is 12.4. The standard InChI is InChI=1S/C56H105NO5/c1-3-5-7-9-11-13-14-26-30-34-38-42-46-50-56(61)62-51-47-43-39-35-31-28-25-23-21-19-17-15-16-18-20-22-24-27-29-33-37-41-45-49-55(60)57-53(52-58)54(59)48-44-40-36-32-12-10-8-6-4-2/h13-15,17-18,20,53-54,58-59H,3-12,16,19,21-52H2,1-2H3,(H,57,60)/b14-13-,17-15-,20-18-. The number of unbranched alkanes of at least 4 members (excludes halogenated alkanes) is 33. The van der Waals surface area contributed by atoms with Crippen LogP contribution in [0.3, 0.4) is 0 Å². The molecule has 0 aromatic rings. The van der Waals surface area contributed by atoms with Gasteiger partial charge in [-0.05, 0) is 83.5 Å². The van der Waals surface area contributed by atoms with Gasteiger partial charge in [-0.15, -0.1) is 0 Å². The first kappa shape index (κ1) is 60.1. The average molecular weight is 872 g/mol. The smallest absolute Gasteiger partial charge is 0.305 e. The van der Waals surface area contributed by atoms with Crippen LogP contribution in [0.4, 0.5) is 0 Å². The zero-order chi connectivity index (χ0) is 45.1. The Hall–Kier alpha value is -1.92. The van der Waals surface area contributed by atoms with Gasteiger partial charge in [0.25, 0.3) is 0 Å². The first-order valence-electron chi connectivity index (χ1n) is 27.2. The van der Waals surface area contributed by atoms with Crippen LogP contribution < -0.4 is 5.32 Å². The largest absolute Gasteiger partial charge is 0.466 e. The van der Waals surface area contributed by atoms with E-state index in [4.69, 9.17) is 4.74 Å². The summed E-state index contributed by atoms with van der Waals surface area (Å²) in [5.41, 5.74) is 0. The van der Waals surface area contributed by atoms with Gasteiger partial charge in [0, 0.05) is 12.8 Å². The summed E-state index contributed by atoms with van der Waals surface area (Å²) in [6.45, 7) is 4.90. The molecule has 6 nitrogen and oxygen atoms in total. The summed E-state index contributed by atoms with van der Waals surface area (Å²) in [4.78, 5) is 24.4. The quantitative estimate of drug-likeness (QED) is 0.0321. The van der Waals surface area contributed by atoms with Crippen molar-refractivity contribution in [2.45, 2.75) is 296 Å². The Morgan fingerprint density at radius 2 is 0.806 bits per heavy atom. The van der Waals surface area contributed by atoms with Crippen molar-refractivity contribution in [1.29, 1.82) is 0 Å². The van der Waals surface area contributed by atoms with E-state index in [2.05, 4.69) is 55.6 Å². The van der Waals surface area contributed by atoms with Gasteiger partial charge in [-0.1, -0.05) is 224 Å². The summed E-state index contributed by atoms with van der Waals surface area (Å²) in [7, 11) is 0. The van der Waals surface area contributed by atoms with E-state index in [-0.39, 0.29) is 18.5 Å². The molecular weight excluding hydrogens is 767 g/mol. The third kappa shape index (κ3) is 47.6. The number of carbonyl (C=O) groups excluding carboxylic acids is 2. The number of carbonyl (C=O) groups is 2. The van der Waals surface area contributed by atoms with E-state index in [1.807, 2.05) is 0 Å². The summed E-state index contributed by atoms with van der Waals surface area (Å²) >= 11 is 0. The van der Waals surface area contributed by atoms with Crippen molar-refractivity contribution in [2.75, 3.05) is 13.2 Å². The second-order valence-corrected chi connectivity index (χ2v) is 18.6. The molecule has 1 amide bonds. The molecule has 0 radical (unpaired) electrons. The Kier molecular flexibility index (Phi) is 50.1. The van der Waals surface area contributed by atoms with Crippen LogP contribution in [0.5, 0.6) is 0 Å². The van der Waals surface area contributed by atoms with E-state index in [1.165, 1.54) is 186 Å². The monoisotopic (exact) mass is 872 g/mol. The summed E-state index contributed by atoms with van der Waals surface area (Å²) in [6.07, 6.45) is 62.8. The molecule has 0 aromatic carbocycles. The molecule has 364 valence electrons. The lowest BCUT2D eigenvalue weighted by molar-refractivity contribution is -0.143. The lowest BCUT2D eigenvalue weighted by atomic mass is 10.0. The Labute approximate surface area is 385 Å². The fourth-order valence-electron chi connectivity index (χ4n) is 8.19. The zero-order valence-corrected chi connectivity index (χ0v) is 41.4. The number of rotatable bonds is 50. The van der Waals surface area contributed by atoms with Gasteiger partial charge >= 0.3 is 5.97 Å². The van der Waals surface area contributed by atoms with Crippen LogP contribution in [-0.4, -0.2) is 47.4 Å². The molecule has 0 aromatic heterocycles. The molecule has 6 heteroatoms. The van der Waals surface area contributed by atoms with Gasteiger partial charge in [0.1, 0.15) is 0 Å². The Morgan fingerprint density at radius 1 is 0.452 bits per heavy atom. The number of esters is 1. The van der Waals surface area contributed by atoms with Crippen molar-refractivity contribution in [3.63, 3.8) is 0 Å². The minimum atomic E-state index is -0.668. The van der Waals surface area contributed by atoms with Gasteiger partial charge in [-0.2, -0.15) is 0 Å². The Morgan fingerprint density at radius 3 is 1.26 bits per heavy atom. The fourth-order valence-corrected chi connectivity index (χ4v) is 8.19. The molecule has 0 bridgehead atoms. The molecule has 2 atom stereocenters.